The molecule has 0 radical (unpaired) electrons. The summed E-state index contributed by atoms with van der Waals surface area (Å²) in [7, 11) is 0. The number of carboxylic acids is 2. The van der Waals surface area contributed by atoms with Crippen molar-refractivity contribution in [1.29, 1.82) is 0 Å². The quantitative estimate of drug-likeness (QED) is 0.726. The van der Waals surface area contributed by atoms with Gasteiger partial charge in [0.25, 0.3) is 5.56 Å². The van der Waals surface area contributed by atoms with E-state index >= 15 is 0 Å². The van der Waals surface area contributed by atoms with Crippen molar-refractivity contribution in [2.75, 3.05) is 0 Å². The van der Waals surface area contributed by atoms with Gasteiger partial charge in [0.15, 0.2) is 0 Å². The normalized spacial score (nSPS) is 11.1. The molecule has 0 atom stereocenters. The highest BCUT2D eigenvalue weighted by atomic mass is 16.4. The highest BCUT2D eigenvalue weighted by Gasteiger charge is 2.17. The summed E-state index contributed by atoms with van der Waals surface area (Å²) >= 11 is 0. The third kappa shape index (κ3) is 2.10. The summed E-state index contributed by atoms with van der Waals surface area (Å²) < 4.78 is 2.18. The van der Waals surface area contributed by atoms with Crippen molar-refractivity contribution in [3.8, 4) is 0 Å². The van der Waals surface area contributed by atoms with Crippen LogP contribution in [0.5, 0.6) is 0 Å². The molecule has 112 valence electrons. The molecule has 8 nitrogen and oxygen atoms in total. The van der Waals surface area contributed by atoms with E-state index in [2.05, 4.69) is 5.10 Å². The lowest BCUT2D eigenvalue weighted by atomic mass is 10.2. The second-order valence-electron chi connectivity index (χ2n) is 4.76. The molecule has 3 rings (SSSR count). The monoisotopic (exact) mass is 301 g/mol. The van der Waals surface area contributed by atoms with Crippen LogP contribution in [0.15, 0.2) is 35.3 Å². The molecule has 0 fully saturated rings. The van der Waals surface area contributed by atoms with Crippen LogP contribution in [-0.2, 0) is 22.7 Å². The van der Waals surface area contributed by atoms with Gasteiger partial charge in [0.2, 0.25) is 0 Å². The molecule has 0 amide bonds. The molecule has 0 aliphatic heterocycles. The highest BCUT2D eigenvalue weighted by Crippen LogP contribution is 2.25. The lowest BCUT2D eigenvalue weighted by molar-refractivity contribution is -0.138. The number of hydrogen-bond acceptors (Lipinski definition) is 4. The van der Waals surface area contributed by atoms with Crippen LogP contribution in [0, 0.1) is 0 Å². The van der Waals surface area contributed by atoms with Crippen LogP contribution < -0.4 is 5.56 Å². The summed E-state index contributed by atoms with van der Waals surface area (Å²) in [6.07, 6.45) is 1.39. The van der Waals surface area contributed by atoms with Gasteiger partial charge in [-0.1, -0.05) is 18.2 Å². The SMILES string of the molecule is O=C(O)Cn1ncc2c3ccccc3n(CC(=O)O)c2c1=O. The number of aliphatic carboxylic acids is 2. The van der Waals surface area contributed by atoms with Gasteiger partial charge >= 0.3 is 11.9 Å². The molecule has 0 unspecified atom stereocenters. The van der Waals surface area contributed by atoms with Gasteiger partial charge in [0, 0.05) is 16.3 Å². The van der Waals surface area contributed by atoms with Crippen LogP contribution in [0.1, 0.15) is 0 Å². The number of carbonyl (C=O) groups is 2. The Balaban J connectivity index is 2.42. The van der Waals surface area contributed by atoms with Crippen molar-refractivity contribution in [3.63, 3.8) is 0 Å². The molecule has 0 aliphatic carbocycles. The lowest BCUT2D eigenvalue weighted by Gasteiger charge is -2.05. The third-order valence-corrected chi connectivity index (χ3v) is 3.35. The van der Waals surface area contributed by atoms with Gasteiger partial charge in [-0.15, -0.1) is 0 Å². The minimum absolute atomic E-state index is 0.139. The zero-order valence-corrected chi connectivity index (χ0v) is 11.3. The van der Waals surface area contributed by atoms with Gasteiger partial charge in [-0.3, -0.25) is 14.4 Å². The predicted octanol–water partition coefficient (Wildman–Crippen LogP) is 0.520. The molecule has 0 bridgehead atoms. The molecule has 2 aromatic heterocycles. The molecule has 8 heteroatoms. The molecule has 3 aromatic rings. The van der Waals surface area contributed by atoms with Crippen LogP contribution in [0.2, 0.25) is 0 Å². The number of benzene rings is 1. The first-order chi connectivity index (χ1) is 10.5. The lowest BCUT2D eigenvalue weighted by Crippen LogP contribution is -2.28. The molecule has 0 aliphatic rings. The van der Waals surface area contributed by atoms with E-state index in [-0.39, 0.29) is 5.52 Å². The zero-order chi connectivity index (χ0) is 15.9. The fourth-order valence-corrected chi connectivity index (χ4v) is 2.53. The first-order valence-corrected chi connectivity index (χ1v) is 6.39. The number of aromatic nitrogens is 3. The molecular weight excluding hydrogens is 290 g/mol. The van der Waals surface area contributed by atoms with E-state index in [1.54, 1.807) is 24.3 Å². The minimum atomic E-state index is -1.20. The molecule has 22 heavy (non-hydrogen) atoms. The van der Waals surface area contributed by atoms with Crippen LogP contribution >= 0.6 is 0 Å². The minimum Gasteiger partial charge on any atom is -0.480 e. The van der Waals surface area contributed by atoms with Crippen LogP contribution in [0.3, 0.4) is 0 Å². The average molecular weight is 301 g/mol. The Bertz CT molecular complexity index is 970. The summed E-state index contributed by atoms with van der Waals surface area (Å²) in [6.45, 7) is -0.973. The summed E-state index contributed by atoms with van der Waals surface area (Å²) in [6, 6.07) is 6.98. The molecule has 2 N–H and O–H groups in total. The summed E-state index contributed by atoms with van der Waals surface area (Å²) in [4.78, 5) is 34.3. The van der Waals surface area contributed by atoms with Crippen LogP contribution in [0.4, 0.5) is 0 Å². The van der Waals surface area contributed by atoms with Gasteiger partial charge in [0.05, 0.1) is 6.20 Å². The van der Waals surface area contributed by atoms with Crippen molar-refractivity contribution in [2.45, 2.75) is 13.1 Å². The maximum atomic E-state index is 12.5. The maximum absolute atomic E-state index is 12.5. The second kappa shape index (κ2) is 4.99. The van der Waals surface area contributed by atoms with Crippen LogP contribution in [0.25, 0.3) is 21.8 Å². The summed E-state index contributed by atoms with van der Waals surface area (Å²) in [5.41, 5.74) is 0.101. The van der Waals surface area contributed by atoms with Gasteiger partial charge in [-0.05, 0) is 6.07 Å². The smallest absolute Gasteiger partial charge is 0.325 e. The Labute approximate surface area is 122 Å². The highest BCUT2D eigenvalue weighted by molar-refractivity contribution is 6.07. The van der Waals surface area contributed by atoms with Crippen molar-refractivity contribution in [1.82, 2.24) is 14.3 Å². The standard InChI is InChI=1S/C14H11N3O5/c18-11(19)6-16-10-4-2-1-3-8(10)9-5-15-17(7-12(20)21)14(22)13(9)16/h1-5H,6-7H2,(H,18,19)(H,20,21). The Morgan fingerprint density at radius 2 is 1.73 bits per heavy atom. The maximum Gasteiger partial charge on any atom is 0.325 e. The van der Waals surface area contributed by atoms with E-state index in [1.807, 2.05) is 0 Å². The van der Waals surface area contributed by atoms with E-state index < -0.39 is 30.6 Å². The van der Waals surface area contributed by atoms with Gasteiger partial charge in [-0.2, -0.15) is 5.10 Å². The number of fused-ring (bicyclic) bond motifs is 3. The zero-order valence-electron chi connectivity index (χ0n) is 11.3. The fraction of sp³-hybridized carbons (Fsp3) is 0.143. The second-order valence-corrected chi connectivity index (χ2v) is 4.76. The van der Waals surface area contributed by atoms with Gasteiger partial charge in [0.1, 0.15) is 18.6 Å². The average Bonchev–Trinajstić information content (AvgIpc) is 2.76. The largest absolute Gasteiger partial charge is 0.480 e. The van der Waals surface area contributed by atoms with E-state index in [4.69, 9.17) is 10.2 Å². The van der Waals surface area contributed by atoms with E-state index in [0.29, 0.717) is 16.3 Å². The van der Waals surface area contributed by atoms with Crippen molar-refractivity contribution < 1.29 is 19.8 Å². The van der Waals surface area contributed by atoms with E-state index in [9.17, 15) is 14.4 Å². The van der Waals surface area contributed by atoms with Crippen molar-refractivity contribution in [3.05, 3.63) is 40.8 Å². The fourth-order valence-electron chi connectivity index (χ4n) is 2.53. The summed E-state index contributed by atoms with van der Waals surface area (Å²) in [5.74, 6) is -2.29. The van der Waals surface area contributed by atoms with Crippen molar-refractivity contribution >= 4 is 33.7 Å². The third-order valence-electron chi connectivity index (χ3n) is 3.35. The molecule has 0 saturated heterocycles. The molecule has 0 saturated carbocycles. The van der Waals surface area contributed by atoms with Gasteiger partial charge < -0.3 is 14.8 Å². The Kier molecular flexibility index (Phi) is 3.13. The Morgan fingerprint density at radius 1 is 1.05 bits per heavy atom. The Hall–Kier alpha value is -3.16. The number of hydrogen-bond donors (Lipinski definition) is 2. The first kappa shape index (κ1) is 13.8. The number of nitrogens with zero attached hydrogens (tertiary/aromatic N) is 3. The Morgan fingerprint density at radius 3 is 2.41 bits per heavy atom. The predicted molar refractivity (Wildman–Crippen MR) is 76.8 cm³/mol. The summed E-state index contributed by atoms with van der Waals surface area (Å²) in [5, 5.41) is 22.9. The number of para-hydroxylation sites is 1. The van der Waals surface area contributed by atoms with Gasteiger partial charge in [-0.25, -0.2) is 4.68 Å². The molecule has 1 aromatic carbocycles. The van der Waals surface area contributed by atoms with Crippen LogP contribution in [-0.4, -0.2) is 36.5 Å². The number of rotatable bonds is 4. The molecule has 2 heterocycles. The van der Waals surface area contributed by atoms with Crippen molar-refractivity contribution in [2.24, 2.45) is 0 Å². The van der Waals surface area contributed by atoms with E-state index in [0.717, 1.165) is 4.68 Å². The molecule has 0 spiro atoms. The first-order valence-electron chi connectivity index (χ1n) is 6.39. The van der Waals surface area contributed by atoms with E-state index in [1.165, 1.54) is 10.8 Å². The number of carboxylic acid groups (broad SMARTS) is 2. The molecular formula is C14H11N3O5. The topological polar surface area (TPSA) is 114 Å².